The molecule has 138 valence electrons. The fourth-order valence-corrected chi connectivity index (χ4v) is 4.01. The summed E-state index contributed by atoms with van der Waals surface area (Å²) < 4.78 is 38.6. The van der Waals surface area contributed by atoms with Crippen LogP contribution in [0.4, 0.5) is 11.4 Å². The molecule has 1 unspecified atom stereocenters. The largest absolute Gasteiger partial charge is 0.494 e. The number of amides is 1. The number of nitrogens with one attached hydrogen (secondary N) is 2. The lowest BCUT2D eigenvalue weighted by atomic mass is 10.2. The van der Waals surface area contributed by atoms with Crippen LogP contribution in [-0.4, -0.2) is 27.0 Å². The minimum atomic E-state index is -3.95. The van der Waals surface area contributed by atoms with Crippen molar-refractivity contribution in [3.63, 3.8) is 0 Å². The van der Waals surface area contributed by atoms with Crippen LogP contribution in [0.3, 0.4) is 0 Å². The van der Waals surface area contributed by atoms with Gasteiger partial charge in [0, 0.05) is 11.8 Å². The van der Waals surface area contributed by atoms with E-state index in [1.54, 1.807) is 31.2 Å². The number of hydrogen-bond acceptors (Lipinski definition) is 5. The molecule has 0 aliphatic carbocycles. The molecule has 0 bridgehead atoms. The molecule has 0 saturated heterocycles. The molecule has 0 spiro atoms. The lowest BCUT2D eigenvalue weighted by Crippen LogP contribution is -2.34. The summed E-state index contributed by atoms with van der Waals surface area (Å²) in [5.74, 6) is 0.561. The molecule has 9 heteroatoms. The van der Waals surface area contributed by atoms with E-state index >= 15 is 0 Å². The molecule has 7 nitrogen and oxygen atoms in total. The summed E-state index contributed by atoms with van der Waals surface area (Å²) >= 11 is 6.12. The van der Waals surface area contributed by atoms with Crippen LogP contribution in [0.25, 0.3) is 0 Å². The maximum atomic E-state index is 12.7. The molecular weight excluding hydrogens is 380 g/mol. The molecule has 1 aliphatic rings. The summed E-state index contributed by atoms with van der Waals surface area (Å²) in [7, 11) is -3.95. The van der Waals surface area contributed by atoms with Crippen LogP contribution < -0.4 is 19.5 Å². The van der Waals surface area contributed by atoms with Gasteiger partial charge in [-0.1, -0.05) is 11.6 Å². The zero-order chi connectivity index (χ0) is 18.9. The maximum absolute atomic E-state index is 12.7. The van der Waals surface area contributed by atoms with E-state index in [0.29, 0.717) is 23.7 Å². The zero-order valence-corrected chi connectivity index (χ0v) is 15.6. The minimum absolute atomic E-state index is 0.0272. The van der Waals surface area contributed by atoms with Gasteiger partial charge in [0.15, 0.2) is 6.10 Å². The van der Waals surface area contributed by atoms with Gasteiger partial charge in [0.2, 0.25) is 0 Å². The van der Waals surface area contributed by atoms with Gasteiger partial charge in [0.05, 0.1) is 17.3 Å². The van der Waals surface area contributed by atoms with Crippen molar-refractivity contribution in [1.82, 2.24) is 0 Å². The average Bonchev–Trinajstić information content (AvgIpc) is 2.57. The summed E-state index contributed by atoms with van der Waals surface area (Å²) in [6, 6.07) is 9.16. The average molecular weight is 397 g/mol. The summed E-state index contributed by atoms with van der Waals surface area (Å²) in [6.45, 7) is 3.95. The lowest BCUT2D eigenvalue weighted by Gasteiger charge is -2.24. The molecule has 1 amide bonds. The summed E-state index contributed by atoms with van der Waals surface area (Å²) in [6.07, 6.45) is -0.724. The number of ether oxygens (including phenoxy) is 2. The highest BCUT2D eigenvalue weighted by atomic mass is 35.5. The van der Waals surface area contributed by atoms with Crippen LogP contribution >= 0.6 is 11.6 Å². The van der Waals surface area contributed by atoms with Gasteiger partial charge in [0.25, 0.3) is 15.9 Å². The van der Waals surface area contributed by atoms with Gasteiger partial charge in [0.1, 0.15) is 16.4 Å². The Kier molecular flexibility index (Phi) is 4.97. The van der Waals surface area contributed by atoms with E-state index in [1.165, 1.54) is 12.1 Å². The van der Waals surface area contributed by atoms with E-state index in [2.05, 4.69) is 10.0 Å². The second-order valence-electron chi connectivity index (χ2n) is 5.59. The highest BCUT2D eigenvalue weighted by molar-refractivity contribution is 7.92. The van der Waals surface area contributed by atoms with Crippen LogP contribution in [0, 0.1) is 0 Å². The summed E-state index contributed by atoms with van der Waals surface area (Å²) in [4.78, 5) is 11.5. The van der Waals surface area contributed by atoms with Crippen LogP contribution in [0.5, 0.6) is 11.5 Å². The molecule has 1 heterocycles. The quantitative estimate of drug-likeness (QED) is 0.809. The molecule has 1 aliphatic heterocycles. The molecule has 2 aromatic rings. The molecule has 26 heavy (non-hydrogen) atoms. The van der Waals surface area contributed by atoms with Gasteiger partial charge in [-0.3, -0.25) is 9.52 Å². The third-order valence-corrected chi connectivity index (χ3v) is 5.52. The van der Waals surface area contributed by atoms with Crippen molar-refractivity contribution < 1.29 is 22.7 Å². The number of fused-ring (bicyclic) bond motifs is 1. The van der Waals surface area contributed by atoms with E-state index in [4.69, 9.17) is 21.1 Å². The second kappa shape index (κ2) is 7.05. The van der Waals surface area contributed by atoms with Gasteiger partial charge >= 0.3 is 0 Å². The predicted molar refractivity (Wildman–Crippen MR) is 98.6 cm³/mol. The molecule has 0 saturated carbocycles. The molecule has 2 N–H and O–H groups in total. The van der Waals surface area contributed by atoms with Crippen LogP contribution in [-0.2, 0) is 14.8 Å². The Morgan fingerprint density at radius 1 is 1.27 bits per heavy atom. The van der Waals surface area contributed by atoms with Gasteiger partial charge in [-0.25, -0.2) is 8.42 Å². The third kappa shape index (κ3) is 3.71. The first-order valence-electron chi connectivity index (χ1n) is 7.87. The SMILES string of the molecule is CCOc1ccc(NS(=O)(=O)c2cc3c(cc2Cl)NC(=O)C(C)O3)cc1. The molecule has 0 aromatic heterocycles. The molecule has 3 rings (SSSR count). The molecule has 2 aromatic carbocycles. The maximum Gasteiger partial charge on any atom is 0.265 e. The summed E-state index contributed by atoms with van der Waals surface area (Å²) in [5.41, 5.74) is 0.697. The van der Waals surface area contributed by atoms with Crippen LogP contribution in [0.2, 0.25) is 5.02 Å². The van der Waals surface area contributed by atoms with Crippen molar-refractivity contribution in [3.05, 3.63) is 41.4 Å². The number of hydrogen-bond donors (Lipinski definition) is 2. The fraction of sp³-hybridized carbons (Fsp3) is 0.235. The highest BCUT2D eigenvalue weighted by Crippen LogP contribution is 2.37. The molecule has 1 atom stereocenters. The van der Waals surface area contributed by atoms with Crippen molar-refractivity contribution in [3.8, 4) is 11.5 Å². The van der Waals surface area contributed by atoms with Crippen molar-refractivity contribution in [2.45, 2.75) is 24.8 Å². The molecular formula is C17H17ClN2O5S. The van der Waals surface area contributed by atoms with Crippen molar-refractivity contribution >= 4 is 38.9 Å². The smallest absolute Gasteiger partial charge is 0.265 e. The van der Waals surface area contributed by atoms with E-state index < -0.39 is 16.1 Å². The van der Waals surface area contributed by atoms with Gasteiger partial charge in [-0.2, -0.15) is 0 Å². The Balaban J connectivity index is 1.89. The number of sulfonamides is 1. The first kappa shape index (κ1) is 18.3. The van der Waals surface area contributed by atoms with Gasteiger partial charge < -0.3 is 14.8 Å². The van der Waals surface area contributed by atoms with E-state index in [1.807, 2.05) is 6.92 Å². The number of halogens is 1. The Hall–Kier alpha value is -2.45. The van der Waals surface area contributed by atoms with Crippen molar-refractivity contribution in [2.24, 2.45) is 0 Å². The third-order valence-electron chi connectivity index (χ3n) is 3.67. The topological polar surface area (TPSA) is 93.7 Å². The van der Waals surface area contributed by atoms with Crippen molar-refractivity contribution in [1.29, 1.82) is 0 Å². The first-order chi connectivity index (χ1) is 12.3. The lowest BCUT2D eigenvalue weighted by molar-refractivity contribution is -0.122. The normalized spacial score (nSPS) is 16.3. The number of carbonyl (C=O) groups is 1. The number of carbonyl (C=O) groups excluding carboxylic acids is 1. The number of rotatable bonds is 5. The van der Waals surface area contributed by atoms with Crippen LogP contribution in [0.1, 0.15) is 13.8 Å². The van der Waals surface area contributed by atoms with Gasteiger partial charge in [-0.15, -0.1) is 0 Å². The molecule has 0 radical (unpaired) electrons. The first-order valence-corrected chi connectivity index (χ1v) is 9.73. The minimum Gasteiger partial charge on any atom is -0.494 e. The Labute approximate surface area is 156 Å². The zero-order valence-electron chi connectivity index (χ0n) is 14.1. The Morgan fingerprint density at radius 3 is 2.62 bits per heavy atom. The predicted octanol–water partition coefficient (Wildman–Crippen LogP) is 3.26. The summed E-state index contributed by atoms with van der Waals surface area (Å²) in [5, 5.41) is 2.59. The number of anilines is 2. The van der Waals surface area contributed by atoms with Crippen LogP contribution in [0.15, 0.2) is 41.3 Å². The van der Waals surface area contributed by atoms with Crippen molar-refractivity contribution in [2.75, 3.05) is 16.6 Å². The van der Waals surface area contributed by atoms with E-state index in [-0.39, 0.29) is 21.6 Å². The second-order valence-corrected chi connectivity index (χ2v) is 7.65. The highest BCUT2D eigenvalue weighted by Gasteiger charge is 2.28. The monoisotopic (exact) mass is 396 g/mol. The van der Waals surface area contributed by atoms with E-state index in [0.717, 1.165) is 0 Å². The van der Waals surface area contributed by atoms with Gasteiger partial charge in [-0.05, 0) is 44.2 Å². The fourth-order valence-electron chi connectivity index (χ4n) is 2.41. The Morgan fingerprint density at radius 2 is 1.96 bits per heavy atom. The standard InChI is InChI=1S/C17H17ClN2O5S/c1-3-24-12-6-4-11(5-7-12)20-26(22,23)16-9-15-14(8-13(16)18)19-17(21)10(2)25-15/h4-10,20H,3H2,1-2H3,(H,19,21). The van der Waals surface area contributed by atoms with E-state index in [9.17, 15) is 13.2 Å². The molecule has 0 fully saturated rings. The Bertz CT molecular complexity index is 944. The number of benzene rings is 2.